The number of rotatable bonds is 15. The molecule has 0 fully saturated rings. The molecule has 0 atom stereocenters. The van der Waals surface area contributed by atoms with E-state index in [2.05, 4.69) is 10.6 Å². The average molecular weight is 567 g/mol. The summed E-state index contributed by atoms with van der Waals surface area (Å²) >= 11 is 0. The SMILES string of the molecule is COc1cc(C(=O)NCC=CCNC(=O)CCCCC(c2ccc(F)cc2)c2ccc(F)cc2)cc(OC)c1OC. The lowest BCUT2D eigenvalue weighted by molar-refractivity contribution is -0.121. The van der Waals surface area contributed by atoms with Gasteiger partial charge in [0.1, 0.15) is 11.6 Å². The van der Waals surface area contributed by atoms with Crippen molar-refractivity contribution in [3.8, 4) is 17.2 Å². The predicted octanol–water partition coefficient (Wildman–Crippen LogP) is 5.79. The summed E-state index contributed by atoms with van der Waals surface area (Å²) in [5, 5.41) is 5.62. The molecule has 9 heteroatoms. The van der Waals surface area contributed by atoms with Crippen molar-refractivity contribution in [1.82, 2.24) is 10.6 Å². The van der Waals surface area contributed by atoms with Gasteiger partial charge in [-0.25, -0.2) is 8.78 Å². The number of unbranched alkanes of at least 4 members (excludes halogenated alkanes) is 1. The Hall–Kier alpha value is -4.40. The molecule has 0 spiro atoms. The van der Waals surface area contributed by atoms with Crippen LogP contribution in [0, 0.1) is 11.6 Å². The van der Waals surface area contributed by atoms with E-state index in [-0.39, 0.29) is 35.9 Å². The quantitative estimate of drug-likeness (QED) is 0.180. The number of nitrogens with one attached hydrogen (secondary N) is 2. The first-order valence-corrected chi connectivity index (χ1v) is 13.4. The summed E-state index contributed by atoms with van der Waals surface area (Å²) in [6.45, 7) is 0.617. The number of methoxy groups -OCH3 is 3. The number of hydrogen-bond acceptors (Lipinski definition) is 5. The Bertz CT molecular complexity index is 1240. The highest BCUT2D eigenvalue weighted by Gasteiger charge is 2.17. The third-order valence-corrected chi connectivity index (χ3v) is 6.58. The normalized spacial score (nSPS) is 11.0. The highest BCUT2D eigenvalue weighted by molar-refractivity contribution is 5.95. The predicted molar refractivity (Wildman–Crippen MR) is 154 cm³/mol. The van der Waals surface area contributed by atoms with Gasteiger partial charge in [0.25, 0.3) is 5.91 Å². The molecule has 41 heavy (non-hydrogen) atoms. The van der Waals surface area contributed by atoms with Crippen molar-refractivity contribution in [2.24, 2.45) is 0 Å². The van der Waals surface area contributed by atoms with Crippen molar-refractivity contribution in [2.45, 2.75) is 31.6 Å². The number of hydrogen-bond donors (Lipinski definition) is 2. The molecule has 0 bridgehead atoms. The summed E-state index contributed by atoms with van der Waals surface area (Å²) in [4.78, 5) is 24.8. The van der Waals surface area contributed by atoms with Crippen molar-refractivity contribution >= 4 is 11.8 Å². The second kappa shape index (κ2) is 16.0. The van der Waals surface area contributed by atoms with Crippen LogP contribution in [0.25, 0.3) is 0 Å². The van der Waals surface area contributed by atoms with E-state index < -0.39 is 0 Å². The maximum atomic E-state index is 13.4. The van der Waals surface area contributed by atoms with Gasteiger partial charge in [0, 0.05) is 31.0 Å². The van der Waals surface area contributed by atoms with E-state index in [1.807, 2.05) is 0 Å². The van der Waals surface area contributed by atoms with Crippen molar-refractivity contribution in [2.75, 3.05) is 34.4 Å². The maximum Gasteiger partial charge on any atom is 0.251 e. The van der Waals surface area contributed by atoms with Crippen LogP contribution in [0.5, 0.6) is 17.2 Å². The lowest BCUT2D eigenvalue weighted by atomic mass is 9.87. The maximum absolute atomic E-state index is 13.4. The average Bonchev–Trinajstić information content (AvgIpc) is 2.99. The fourth-order valence-corrected chi connectivity index (χ4v) is 4.44. The van der Waals surface area contributed by atoms with Crippen LogP contribution < -0.4 is 24.8 Å². The molecule has 3 aromatic rings. The molecule has 0 heterocycles. The molecule has 3 rings (SSSR count). The van der Waals surface area contributed by atoms with Crippen molar-refractivity contribution in [3.05, 3.63) is 101 Å². The van der Waals surface area contributed by atoms with Crippen LogP contribution in [0.15, 0.2) is 72.8 Å². The molecule has 7 nitrogen and oxygen atoms in total. The van der Waals surface area contributed by atoms with Gasteiger partial charge in [-0.15, -0.1) is 0 Å². The van der Waals surface area contributed by atoms with Gasteiger partial charge in [0.15, 0.2) is 11.5 Å². The van der Waals surface area contributed by atoms with Crippen LogP contribution in [0.4, 0.5) is 8.78 Å². The summed E-state index contributed by atoms with van der Waals surface area (Å²) < 4.78 is 42.7. The Morgan fingerprint density at radius 3 is 1.76 bits per heavy atom. The molecule has 0 aliphatic carbocycles. The summed E-state index contributed by atoms with van der Waals surface area (Å²) in [5.74, 6) is 0.166. The number of ether oxygens (including phenoxy) is 3. The number of amides is 2. The highest BCUT2D eigenvalue weighted by atomic mass is 19.1. The molecule has 0 saturated carbocycles. The number of halogens is 2. The minimum atomic E-state index is -0.308. The van der Waals surface area contributed by atoms with Crippen molar-refractivity contribution < 1.29 is 32.6 Å². The smallest absolute Gasteiger partial charge is 0.251 e. The first-order valence-electron chi connectivity index (χ1n) is 13.4. The standard InChI is InChI=1S/C32H36F2N2O5/c1-39-28-20-24(21-29(40-2)31(28)41-3)32(38)36-19-7-6-18-35-30(37)9-5-4-8-27(22-10-14-25(33)15-11-22)23-12-16-26(34)17-13-23/h6-7,10-17,20-21,27H,4-5,8-9,18-19H2,1-3H3,(H,35,37)(H,36,38). The van der Waals surface area contributed by atoms with E-state index in [1.165, 1.54) is 45.6 Å². The lowest BCUT2D eigenvalue weighted by Gasteiger charge is -2.18. The van der Waals surface area contributed by atoms with Crippen LogP contribution in [-0.2, 0) is 4.79 Å². The fourth-order valence-electron chi connectivity index (χ4n) is 4.44. The number of carbonyl (C=O) groups is 2. The van der Waals surface area contributed by atoms with Gasteiger partial charge >= 0.3 is 0 Å². The molecular weight excluding hydrogens is 530 g/mol. The third kappa shape index (κ3) is 9.34. The Labute approximate surface area is 239 Å². The largest absolute Gasteiger partial charge is 0.493 e. The van der Waals surface area contributed by atoms with Gasteiger partial charge in [-0.2, -0.15) is 0 Å². The van der Waals surface area contributed by atoms with Gasteiger partial charge in [0.05, 0.1) is 21.3 Å². The summed E-state index contributed by atoms with van der Waals surface area (Å²) in [6.07, 6.45) is 6.09. The molecule has 0 unspecified atom stereocenters. The second-order valence-corrected chi connectivity index (χ2v) is 9.30. The third-order valence-electron chi connectivity index (χ3n) is 6.58. The first kappa shape index (κ1) is 31.1. The fraction of sp³-hybridized carbons (Fsp3) is 0.312. The summed E-state index contributed by atoms with van der Waals surface area (Å²) in [5.41, 5.74) is 2.26. The minimum Gasteiger partial charge on any atom is -0.493 e. The molecule has 3 aromatic carbocycles. The molecule has 0 aromatic heterocycles. The van der Waals surface area contributed by atoms with Crippen molar-refractivity contribution in [1.29, 1.82) is 0 Å². The van der Waals surface area contributed by atoms with E-state index >= 15 is 0 Å². The van der Waals surface area contributed by atoms with Crippen LogP contribution >= 0.6 is 0 Å². The monoisotopic (exact) mass is 566 g/mol. The Balaban J connectivity index is 1.39. The first-order chi connectivity index (χ1) is 19.9. The van der Waals surface area contributed by atoms with Gasteiger partial charge in [-0.05, 0) is 60.4 Å². The summed E-state index contributed by atoms with van der Waals surface area (Å²) in [6, 6.07) is 15.8. The molecule has 0 aliphatic heterocycles. The Kier molecular flexibility index (Phi) is 12.2. The van der Waals surface area contributed by atoms with Crippen LogP contribution in [0.1, 0.15) is 53.1 Å². The second-order valence-electron chi connectivity index (χ2n) is 9.30. The zero-order valence-electron chi connectivity index (χ0n) is 23.5. The van der Waals surface area contributed by atoms with Crippen molar-refractivity contribution in [3.63, 3.8) is 0 Å². The number of carbonyl (C=O) groups excluding carboxylic acids is 2. The van der Waals surface area contributed by atoms with Crippen LogP contribution in [-0.4, -0.2) is 46.2 Å². The van der Waals surface area contributed by atoms with E-state index in [0.29, 0.717) is 42.2 Å². The van der Waals surface area contributed by atoms with Gasteiger partial charge in [-0.1, -0.05) is 42.8 Å². The molecule has 218 valence electrons. The van der Waals surface area contributed by atoms with Gasteiger partial charge in [0.2, 0.25) is 11.7 Å². The van der Waals surface area contributed by atoms with Crippen LogP contribution in [0.2, 0.25) is 0 Å². The van der Waals surface area contributed by atoms with Crippen LogP contribution in [0.3, 0.4) is 0 Å². The van der Waals surface area contributed by atoms with E-state index in [9.17, 15) is 18.4 Å². The molecule has 2 amide bonds. The molecule has 2 N–H and O–H groups in total. The van der Waals surface area contributed by atoms with E-state index in [4.69, 9.17) is 14.2 Å². The van der Waals surface area contributed by atoms with Gasteiger partial charge in [-0.3, -0.25) is 9.59 Å². The number of benzene rings is 3. The summed E-state index contributed by atoms with van der Waals surface area (Å²) in [7, 11) is 4.45. The zero-order chi connectivity index (χ0) is 29.6. The van der Waals surface area contributed by atoms with E-state index in [1.54, 1.807) is 48.6 Å². The zero-order valence-corrected chi connectivity index (χ0v) is 23.5. The Morgan fingerprint density at radius 1 is 0.756 bits per heavy atom. The topological polar surface area (TPSA) is 85.9 Å². The molecule has 0 saturated heterocycles. The molecule has 0 radical (unpaired) electrons. The molecule has 0 aliphatic rings. The lowest BCUT2D eigenvalue weighted by Crippen LogP contribution is -2.25. The Morgan fingerprint density at radius 2 is 1.27 bits per heavy atom. The molecular formula is C32H36F2N2O5. The minimum absolute atomic E-state index is 0.0162. The van der Waals surface area contributed by atoms with E-state index in [0.717, 1.165) is 24.0 Å². The highest BCUT2D eigenvalue weighted by Crippen LogP contribution is 2.38. The van der Waals surface area contributed by atoms with Gasteiger partial charge < -0.3 is 24.8 Å².